The SMILES string of the molecule is c1ccc(-c2ccc3c(-c4ccc5ccccc5c4)c4ccccc4c(-c4nc5cccc6c5n4-c4ccccc4O6)c3c2)cc1. The molecule has 0 saturated carbocycles. The second-order valence-corrected chi connectivity index (χ2v) is 11.9. The zero-order chi connectivity index (χ0) is 30.2. The fraction of sp³-hybridized carbons (Fsp3) is 0. The highest BCUT2D eigenvalue weighted by atomic mass is 16.5. The summed E-state index contributed by atoms with van der Waals surface area (Å²) >= 11 is 0. The maximum Gasteiger partial charge on any atom is 0.153 e. The van der Waals surface area contributed by atoms with Gasteiger partial charge in [0.25, 0.3) is 0 Å². The van der Waals surface area contributed by atoms with Crippen molar-refractivity contribution >= 4 is 43.4 Å². The van der Waals surface area contributed by atoms with E-state index in [0.29, 0.717) is 0 Å². The first-order valence-corrected chi connectivity index (χ1v) is 15.6. The average molecular weight is 587 g/mol. The quantitative estimate of drug-likeness (QED) is 0.193. The van der Waals surface area contributed by atoms with Crippen molar-refractivity contribution in [2.24, 2.45) is 0 Å². The van der Waals surface area contributed by atoms with Crippen molar-refractivity contribution in [3.63, 3.8) is 0 Å². The van der Waals surface area contributed by atoms with Crippen molar-refractivity contribution in [3.05, 3.63) is 158 Å². The molecule has 1 aliphatic heterocycles. The molecule has 0 spiro atoms. The third-order valence-corrected chi connectivity index (χ3v) is 9.36. The first-order chi connectivity index (χ1) is 22.8. The molecule has 0 aliphatic carbocycles. The molecule has 46 heavy (non-hydrogen) atoms. The van der Waals surface area contributed by atoms with E-state index < -0.39 is 0 Å². The van der Waals surface area contributed by atoms with Gasteiger partial charge in [0.1, 0.15) is 11.3 Å². The van der Waals surface area contributed by atoms with Gasteiger partial charge in [-0.3, -0.25) is 4.57 Å². The van der Waals surface area contributed by atoms with Gasteiger partial charge in [0.15, 0.2) is 11.5 Å². The summed E-state index contributed by atoms with van der Waals surface area (Å²) in [5.41, 5.74) is 8.82. The summed E-state index contributed by atoms with van der Waals surface area (Å²) in [6.07, 6.45) is 0. The summed E-state index contributed by atoms with van der Waals surface area (Å²) in [7, 11) is 0. The number of hydrogen-bond acceptors (Lipinski definition) is 2. The van der Waals surface area contributed by atoms with Gasteiger partial charge in [-0.2, -0.15) is 0 Å². The molecule has 1 aromatic heterocycles. The van der Waals surface area contributed by atoms with Crippen LogP contribution in [-0.4, -0.2) is 9.55 Å². The Balaban J connectivity index is 1.38. The van der Waals surface area contributed by atoms with Crippen LogP contribution in [0.1, 0.15) is 0 Å². The number of aromatic nitrogens is 2. The standard InChI is InChI=1S/C43H26N2O/c1-2-11-27(12-3-1)30-23-24-34-35(26-30)41(43-44-36-17-10-20-39-42(36)45(43)37-18-8-9-19-38(37)46-39)33-16-7-6-15-32(33)40(34)31-22-21-28-13-4-5-14-29(28)25-31/h1-26H. The van der Waals surface area contributed by atoms with Crippen molar-refractivity contribution in [1.82, 2.24) is 9.55 Å². The molecule has 0 N–H and O–H groups in total. The van der Waals surface area contributed by atoms with Gasteiger partial charge < -0.3 is 4.74 Å². The molecule has 2 heterocycles. The Morgan fingerprint density at radius 2 is 1.13 bits per heavy atom. The van der Waals surface area contributed by atoms with Crippen LogP contribution in [0.15, 0.2) is 158 Å². The summed E-state index contributed by atoms with van der Waals surface area (Å²) in [5, 5.41) is 7.20. The highest BCUT2D eigenvalue weighted by Gasteiger charge is 2.27. The van der Waals surface area contributed by atoms with Gasteiger partial charge in [-0.05, 0) is 91.0 Å². The fourth-order valence-corrected chi connectivity index (χ4v) is 7.31. The number of imidazole rings is 1. The normalized spacial score (nSPS) is 12.1. The van der Waals surface area contributed by atoms with E-state index in [1.165, 1.54) is 54.6 Å². The second-order valence-electron chi connectivity index (χ2n) is 11.9. The van der Waals surface area contributed by atoms with E-state index in [0.717, 1.165) is 39.6 Å². The maximum absolute atomic E-state index is 6.40. The van der Waals surface area contributed by atoms with E-state index in [1.807, 2.05) is 24.3 Å². The van der Waals surface area contributed by atoms with E-state index in [-0.39, 0.29) is 0 Å². The lowest BCUT2D eigenvalue weighted by atomic mass is 9.86. The van der Waals surface area contributed by atoms with E-state index in [1.54, 1.807) is 0 Å². The predicted octanol–water partition coefficient (Wildman–Crippen LogP) is 11.6. The Kier molecular flexibility index (Phi) is 5.28. The van der Waals surface area contributed by atoms with E-state index in [4.69, 9.17) is 9.72 Å². The van der Waals surface area contributed by atoms with Crippen LogP contribution in [0.5, 0.6) is 11.5 Å². The van der Waals surface area contributed by atoms with Crippen LogP contribution < -0.4 is 4.74 Å². The van der Waals surface area contributed by atoms with Gasteiger partial charge in [0.2, 0.25) is 0 Å². The number of ether oxygens (including phenoxy) is 1. The summed E-state index contributed by atoms with van der Waals surface area (Å²) in [4.78, 5) is 5.38. The number of hydrogen-bond donors (Lipinski definition) is 0. The van der Waals surface area contributed by atoms with Gasteiger partial charge in [-0.1, -0.05) is 121 Å². The number of nitrogens with zero attached hydrogens (tertiary/aromatic N) is 2. The Bertz CT molecular complexity index is 2670. The molecule has 10 rings (SSSR count). The molecule has 0 saturated heterocycles. The van der Waals surface area contributed by atoms with E-state index in [9.17, 15) is 0 Å². The molecule has 3 nitrogen and oxygen atoms in total. The van der Waals surface area contributed by atoms with Gasteiger partial charge in [-0.25, -0.2) is 4.98 Å². The fourth-order valence-electron chi connectivity index (χ4n) is 7.31. The summed E-state index contributed by atoms with van der Waals surface area (Å²) < 4.78 is 8.70. The predicted molar refractivity (Wildman–Crippen MR) is 190 cm³/mol. The van der Waals surface area contributed by atoms with E-state index in [2.05, 4.69) is 138 Å². The highest BCUT2D eigenvalue weighted by Crippen LogP contribution is 2.49. The lowest BCUT2D eigenvalue weighted by Crippen LogP contribution is -2.06. The summed E-state index contributed by atoms with van der Waals surface area (Å²) in [6, 6.07) is 56.2. The largest absolute Gasteiger partial charge is 0.453 e. The monoisotopic (exact) mass is 586 g/mol. The molecule has 0 unspecified atom stereocenters. The van der Waals surface area contributed by atoms with Gasteiger partial charge in [0.05, 0.1) is 11.2 Å². The van der Waals surface area contributed by atoms with Crippen LogP contribution in [0, 0.1) is 0 Å². The topological polar surface area (TPSA) is 27.1 Å². The molecule has 9 aromatic rings. The third kappa shape index (κ3) is 3.63. The zero-order valence-electron chi connectivity index (χ0n) is 24.8. The van der Waals surface area contributed by atoms with Crippen LogP contribution in [0.2, 0.25) is 0 Å². The Morgan fingerprint density at radius 1 is 0.435 bits per heavy atom. The average Bonchev–Trinajstić information content (AvgIpc) is 3.51. The number of rotatable bonds is 3. The lowest BCUT2D eigenvalue weighted by molar-refractivity contribution is 0.476. The first kappa shape index (κ1) is 25.2. The summed E-state index contributed by atoms with van der Waals surface area (Å²) in [5.74, 6) is 2.56. The molecule has 3 heteroatoms. The minimum absolute atomic E-state index is 0.821. The smallest absolute Gasteiger partial charge is 0.153 e. The zero-order valence-corrected chi connectivity index (χ0v) is 24.8. The molecular weight excluding hydrogens is 560 g/mol. The number of fused-ring (bicyclic) bond motifs is 5. The summed E-state index contributed by atoms with van der Waals surface area (Å²) in [6.45, 7) is 0. The first-order valence-electron chi connectivity index (χ1n) is 15.6. The van der Waals surface area contributed by atoms with Crippen molar-refractivity contribution < 1.29 is 4.74 Å². The number of para-hydroxylation sites is 3. The van der Waals surface area contributed by atoms with Gasteiger partial charge in [0, 0.05) is 5.56 Å². The molecule has 8 aromatic carbocycles. The lowest BCUT2D eigenvalue weighted by Gasteiger charge is -2.23. The molecule has 0 fully saturated rings. The minimum Gasteiger partial charge on any atom is -0.453 e. The van der Waals surface area contributed by atoms with Crippen LogP contribution >= 0.6 is 0 Å². The van der Waals surface area contributed by atoms with Crippen molar-refractivity contribution in [2.75, 3.05) is 0 Å². The second kappa shape index (κ2) is 9.65. The third-order valence-electron chi connectivity index (χ3n) is 9.36. The molecule has 1 aliphatic rings. The Morgan fingerprint density at radius 3 is 2.02 bits per heavy atom. The van der Waals surface area contributed by atoms with Crippen molar-refractivity contribution in [3.8, 4) is 50.8 Å². The van der Waals surface area contributed by atoms with E-state index >= 15 is 0 Å². The molecule has 0 radical (unpaired) electrons. The van der Waals surface area contributed by atoms with Gasteiger partial charge in [-0.15, -0.1) is 0 Å². The van der Waals surface area contributed by atoms with Crippen molar-refractivity contribution in [1.29, 1.82) is 0 Å². The highest BCUT2D eigenvalue weighted by molar-refractivity contribution is 6.22. The molecule has 0 amide bonds. The molecule has 0 bridgehead atoms. The number of benzene rings is 8. The van der Waals surface area contributed by atoms with Gasteiger partial charge >= 0.3 is 0 Å². The van der Waals surface area contributed by atoms with Crippen LogP contribution in [-0.2, 0) is 0 Å². The minimum atomic E-state index is 0.821. The Labute approximate surface area is 265 Å². The van der Waals surface area contributed by atoms with Crippen LogP contribution in [0.25, 0.3) is 82.7 Å². The Hall–Kier alpha value is -6.19. The molecule has 214 valence electrons. The van der Waals surface area contributed by atoms with Crippen LogP contribution in [0.3, 0.4) is 0 Å². The van der Waals surface area contributed by atoms with Crippen molar-refractivity contribution in [2.45, 2.75) is 0 Å². The van der Waals surface area contributed by atoms with Crippen LogP contribution in [0.4, 0.5) is 0 Å². The molecule has 0 atom stereocenters. The molecular formula is C43H26N2O. The maximum atomic E-state index is 6.40.